The summed E-state index contributed by atoms with van der Waals surface area (Å²) in [4.78, 5) is 14.9. The summed E-state index contributed by atoms with van der Waals surface area (Å²) >= 11 is 1.27. The van der Waals surface area contributed by atoms with Crippen molar-refractivity contribution in [1.82, 2.24) is 4.98 Å². The molecule has 1 heterocycles. The molecule has 0 bridgehead atoms. The molecular formula is C13H13NO4S. The predicted molar refractivity (Wildman–Crippen MR) is 72.4 cm³/mol. The van der Waals surface area contributed by atoms with Crippen LogP contribution in [0.5, 0.6) is 11.5 Å². The first kappa shape index (κ1) is 13.4. The Morgan fingerprint density at radius 2 is 2.05 bits per heavy atom. The normalized spacial score (nSPS) is 10.3. The number of hydrogen-bond donors (Lipinski definition) is 1. The van der Waals surface area contributed by atoms with Gasteiger partial charge < -0.3 is 14.6 Å². The van der Waals surface area contributed by atoms with Crippen LogP contribution in [0.25, 0.3) is 10.6 Å². The lowest BCUT2D eigenvalue weighted by Gasteiger charge is -2.12. The minimum Gasteiger partial charge on any atom is -0.496 e. The fourth-order valence-electron chi connectivity index (χ4n) is 1.82. The molecule has 2 rings (SSSR count). The molecule has 0 aliphatic heterocycles. The zero-order valence-electron chi connectivity index (χ0n) is 10.8. The van der Waals surface area contributed by atoms with Crippen LogP contribution in [0.15, 0.2) is 17.5 Å². The molecule has 2 aromatic rings. The van der Waals surface area contributed by atoms with Crippen molar-refractivity contribution < 1.29 is 19.4 Å². The number of carboxylic acids is 1. The third-order valence-corrected chi connectivity index (χ3v) is 3.61. The average molecular weight is 279 g/mol. The molecule has 1 aromatic carbocycles. The number of benzene rings is 1. The molecule has 1 aromatic heterocycles. The van der Waals surface area contributed by atoms with Crippen molar-refractivity contribution in [2.24, 2.45) is 0 Å². The fraction of sp³-hybridized carbons (Fsp3) is 0.231. The first-order valence-electron chi connectivity index (χ1n) is 5.49. The first-order chi connectivity index (χ1) is 9.08. The molecule has 0 saturated carbocycles. The van der Waals surface area contributed by atoms with Gasteiger partial charge in [0.05, 0.1) is 19.8 Å². The molecule has 0 amide bonds. The minimum atomic E-state index is -1.04. The molecule has 0 aliphatic rings. The number of thiazole rings is 1. The van der Waals surface area contributed by atoms with Gasteiger partial charge in [0.25, 0.3) is 0 Å². The van der Waals surface area contributed by atoms with Gasteiger partial charge in [0, 0.05) is 10.9 Å². The molecule has 0 fully saturated rings. The van der Waals surface area contributed by atoms with E-state index in [0.717, 1.165) is 16.9 Å². The number of aromatic nitrogens is 1. The van der Waals surface area contributed by atoms with Crippen LogP contribution < -0.4 is 9.47 Å². The van der Waals surface area contributed by atoms with Crippen molar-refractivity contribution in [3.8, 4) is 22.1 Å². The molecule has 5 nitrogen and oxygen atoms in total. The molecule has 0 aliphatic carbocycles. The number of carboxylic acid groups (broad SMARTS) is 1. The molecule has 0 spiro atoms. The van der Waals surface area contributed by atoms with Crippen molar-refractivity contribution in [3.63, 3.8) is 0 Å². The molecule has 0 unspecified atom stereocenters. The second-order valence-electron chi connectivity index (χ2n) is 3.82. The van der Waals surface area contributed by atoms with Gasteiger partial charge in [-0.2, -0.15) is 0 Å². The smallest absolute Gasteiger partial charge is 0.355 e. The van der Waals surface area contributed by atoms with Gasteiger partial charge >= 0.3 is 5.97 Å². The van der Waals surface area contributed by atoms with Crippen LogP contribution >= 0.6 is 11.3 Å². The zero-order chi connectivity index (χ0) is 14.0. The molecule has 100 valence electrons. The largest absolute Gasteiger partial charge is 0.496 e. The molecule has 6 heteroatoms. The molecular weight excluding hydrogens is 266 g/mol. The van der Waals surface area contributed by atoms with E-state index in [1.807, 2.05) is 19.1 Å². The SMILES string of the molecule is COc1ccc(-c2nc(C(=O)O)cs2)c(OC)c1C. The summed E-state index contributed by atoms with van der Waals surface area (Å²) in [5, 5.41) is 11.0. The lowest BCUT2D eigenvalue weighted by molar-refractivity contribution is 0.0691. The number of ether oxygens (including phenoxy) is 2. The third-order valence-electron chi connectivity index (χ3n) is 2.73. The number of methoxy groups -OCH3 is 2. The Balaban J connectivity index is 2.55. The van der Waals surface area contributed by atoms with Gasteiger partial charge in [-0.3, -0.25) is 0 Å². The summed E-state index contributed by atoms with van der Waals surface area (Å²) in [7, 11) is 3.16. The Labute approximate surface area is 114 Å². The van der Waals surface area contributed by atoms with Crippen LogP contribution in [0.4, 0.5) is 0 Å². The van der Waals surface area contributed by atoms with E-state index in [4.69, 9.17) is 14.6 Å². The predicted octanol–water partition coefficient (Wildman–Crippen LogP) is 2.83. The van der Waals surface area contributed by atoms with E-state index >= 15 is 0 Å². The van der Waals surface area contributed by atoms with E-state index in [1.54, 1.807) is 14.2 Å². The average Bonchev–Trinajstić information content (AvgIpc) is 2.87. The summed E-state index contributed by atoms with van der Waals surface area (Å²) in [5.41, 5.74) is 1.66. The van der Waals surface area contributed by atoms with Crippen molar-refractivity contribution >= 4 is 17.3 Å². The second-order valence-corrected chi connectivity index (χ2v) is 4.67. The van der Waals surface area contributed by atoms with Gasteiger partial charge in [-0.1, -0.05) is 0 Å². The van der Waals surface area contributed by atoms with Gasteiger partial charge in [-0.15, -0.1) is 11.3 Å². The summed E-state index contributed by atoms with van der Waals surface area (Å²) in [6.45, 7) is 1.88. The second kappa shape index (κ2) is 5.27. The Morgan fingerprint density at radius 3 is 2.58 bits per heavy atom. The number of aromatic carboxylic acids is 1. The van der Waals surface area contributed by atoms with Crippen molar-refractivity contribution in [2.75, 3.05) is 14.2 Å². The van der Waals surface area contributed by atoms with Crippen molar-refractivity contribution in [1.29, 1.82) is 0 Å². The van der Waals surface area contributed by atoms with E-state index < -0.39 is 5.97 Å². The highest BCUT2D eigenvalue weighted by Crippen LogP contribution is 2.38. The van der Waals surface area contributed by atoms with Crippen molar-refractivity contribution in [3.05, 3.63) is 28.8 Å². The standard InChI is InChI=1S/C13H13NO4S/c1-7-10(17-2)5-4-8(11(7)18-3)12-14-9(6-19-12)13(15)16/h4-6H,1-3H3,(H,15,16). The molecule has 0 saturated heterocycles. The third kappa shape index (κ3) is 2.39. The highest BCUT2D eigenvalue weighted by atomic mass is 32.1. The van der Waals surface area contributed by atoms with E-state index in [2.05, 4.69) is 4.98 Å². The van der Waals surface area contributed by atoms with Crippen LogP contribution in [0, 0.1) is 6.92 Å². The van der Waals surface area contributed by atoms with Crippen LogP contribution in [-0.2, 0) is 0 Å². The Kier molecular flexibility index (Phi) is 3.71. The van der Waals surface area contributed by atoms with E-state index in [0.29, 0.717) is 10.8 Å². The lowest BCUT2D eigenvalue weighted by atomic mass is 10.1. The Hall–Kier alpha value is -2.08. The molecule has 0 radical (unpaired) electrons. The maximum Gasteiger partial charge on any atom is 0.355 e. The highest BCUT2D eigenvalue weighted by molar-refractivity contribution is 7.13. The maximum atomic E-state index is 10.9. The Bertz CT molecular complexity index is 621. The highest BCUT2D eigenvalue weighted by Gasteiger charge is 2.17. The summed E-state index contributed by atoms with van der Waals surface area (Å²) in [6, 6.07) is 3.63. The van der Waals surface area contributed by atoms with E-state index in [-0.39, 0.29) is 5.69 Å². The van der Waals surface area contributed by atoms with Crippen LogP contribution in [0.1, 0.15) is 16.1 Å². The summed E-state index contributed by atoms with van der Waals surface area (Å²) < 4.78 is 10.6. The van der Waals surface area contributed by atoms with Gasteiger partial charge in [0.2, 0.25) is 0 Å². The quantitative estimate of drug-likeness (QED) is 0.932. The summed E-state index contributed by atoms with van der Waals surface area (Å²) in [5.74, 6) is 0.327. The molecule has 0 atom stereocenters. The van der Waals surface area contributed by atoms with Gasteiger partial charge in [-0.25, -0.2) is 9.78 Å². The lowest BCUT2D eigenvalue weighted by Crippen LogP contribution is -1.97. The maximum absolute atomic E-state index is 10.9. The minimum absolute atomic E-state index is 0.0375. The number of rotatable bonds is 4. The zero-order valence-corrected chi connectivity index (χ0v) is 11.6. The number of hydrogen-bond acceptors (Lipinski definition) is 5. The van der Waals surface area contributed by atoms with Crippen LogP contribution in [0.3, 0.4) is 0 Å². The monoisotopic (exact) mass is 279 g/mol. The van der Waals surface area contributed by atoms with Crippen molar-refractivity contribution in [2.45, 2.75) is 6.92 Å². The number of carbonyl (C=O) groups is 1. The topological polar surface area (TPSA) is 68.7 Å². The fourth-order valence-corrected chi connectivity index (χ4v) is 2.64. The summed E-state index contributed by atoms with van der Waals surface area (Å²) in [6.07, 6.45) is 0. The van der Waals surface area contributed by atoms with Gasteiger partial charge in [0.15, 0.2) is 5.69 Å². The molecule has 1 N–H and O–H groups in total. The number of nitrogens with zero attached hydrogens (tertiary/aromatic N) is 1. The Morgan fingerprint density at radius 1 is 1.32 bits per heavy atom. The van der Waals surface area contributed by atoms with Gasteiger partial charge in [-0.05, 0) is 19.1 Å². The van der Waals surface area contributed by atoms with Crippen LogP contribution in [0.2, 0.25) is 0 Å². The molecule has 19 heavy (non-hydrogen) atoms. The van der Waals surface area contributed by atoms with E-state index in [9.17, 15) is 4.79 Å². The van der Waals surface area contributed by atoms with Gasteiger partial charge in [0.1, 0.15) is 16.5 Å². The van der Waals surface area contributed by atoms with Crippen LogP contribution in [-0.4, -0.2) is 30.3 Å². The van der Waals surface area contributed by atoms with E-state index in [1.165, 1.54) is 16.7 Å². The first-order valence-corrected chi connectivity index (χ1v) is 6.37.